The van der Waals surface area contributed by atoms with Crippen LogP contribution in [-0.2, 0) is 0 Å². The van der Waals surface area contributed by atoms with Gasteiger partial charge < -0.3 is 0 Å². The molecule has 54 heavy (non-hydrogen) atoms. The van der Waals surface area contributed by atoms with Crippen molar-refractivity contribution in [1.82, 2.24) is 19.9 Å². The zero-order valence-electron chi connectivity index (χ0n) is 28.8. The van der Waals surface area contributed by atoms with Crippen molar-refractivity contribution in [3.8, 4) is 56.5 Å². The molecule has 252 valence electrons. The number of thiophene rings is 2. The summed E-state index contributed by atoms with van der Waals surface area (Å²) >= 11 is 3.72. The van der Waals surface area contributed by atoms with Gasteiger partial charge in [-0.2, -0.15) is 0 Å². The summed E-state index contributed by atoms with van der Waals surface area (Å²) in [5.41, 5.74) is 8.19. The summed E-state index contributed by atoms with van der Waals surface area (Å²) in [7, 11) is 0. The van der Waals surface area contributed by atoms with Crippen molar-refractivity contribution >= 4 is 73.9 Å². The van der Waals surface area contributed by atoms with Crippen molar-refractivity contribution in [2.45, 2.75) is 0 Å². The fourth-order valence-corrected chi connectivity index (χ4v) is 10.1. The molecule has 0 fully saturated rings. The number of pyridine rings is 1. The predicted octanol–water partition coefficient (Wildman–Crippen LogP) is 13.5. The Balaban J connectivity index is 1.14. The van der Waals surface area contributed by atoms with Gasteiger partial charge in [-0.05, 0) is 29.8 Å². The molecule has 0 saturated carbocycles. The summed E-state index contributed by atoms with van der Waals surface area (Å²) in [6.45, 7) is 0. The topological polar surface area (TPSA) is 51.6 Å². The van der Waals surface area contributed by atoms with Crippen LogP contribution in [0.15, 0.2) is 170 Å². The van der Waals surface area contributed by atoms with E-state index >= 15 is 0 Å². The number of nitrogens with zero attached hydrogens (tertiary/aromatic N) is 4. The Hall–Kier alpha value is -6.60. The second kappa shape index (κ2) is 12.5. The Morgan fingerprint density at radius 2 is 0.852 bits per heavy atom. The average molecular weight is 725 g/mol. The smallest absolute Gasteiger partial charge is 0.164 e. The van der Waals surface area contributed by atoms with Gasteiger partial charge in [0.05, 0.1) is 11.2 Å². The maximum absolute atomic E-state index is 5.53. The number of benzene rings is 7. The lowest BCUT2D eigenvalue weighted by molar-refractivity contribution is 1.07. The maximum Gasteiger partial charge on any atom is 0.164 e. The zero-order valence-corrected chi connectivity index (χ0v) is 30.4. The van der Waals surface area contributed by atoms with Crippen molar-refractivity contribution in [3.63, 3.8) is 0 Å². The van der Waals surface area contributed by atoms with E-state index in [9.17, 15) is 0 Å². The molecule has 0 aliphatic carbocycles. The van der Waals surface area contributed by atoms with E-state index in [0.29, 0.717) is 17.5 Å². The minimum absolute atomic E-state index is 0.621. The van der Waals surface area contributed by atoms with Crippen LogP contribution in [0.25, 0.3) is 108 Å². The van der Waals surface area contributed by atoms with Crippen LogP contribution in [-0.4, -0.2) is 19.9 Å². The van der Waals surface area contributed by atoms with Gasteiger partial charge in [-0.3, -0.25) is 0 Å². The zero-order chi connectivity index (χ0) is 35.6. The number of aromatic nitrogens is 4. The van der Waals surface area contributed by atoms with E-state index in [1.807, 2.05) is 83.3 Å². The Labute approximate surface area is 318 Å². The molecule has 6 heteroatoms. The van der Waals surface area contributed by atoms with E-state index in [-0.39, 0.29) is 0 Å². The van der Waals surface area contributed by atoms with Crippen LogP contribution in [0.4, 0.5) is 0 Å². The molecule has 0 atom stereocenters. The standard InChI is InChI=1S/C48H28N4S2/c1-3-14-29(15-4-1)46-50-47(30-16-5-2-6-17-30)52-48(51-46)32-19-11-18-31(28-32)43-42-37-21-8-10-27-40(37)54-45(42)41-34(22-13-25-38(41)49-43)36-24-12-23-35-33-20-7-9-26-39(33)53-44(35)36/h1-28H. The van der Waals surface area contributed by atoms with Crippen molar-refractivity contribution in [3.05, 3.63) is 170 Å². The first-order valence-electron chi connectivity index (χ1n) is 17.9. The molecule has 11 aromatic rings. The summed E-state index contributed by atoms with van der Waals surface area (Å²) in [5.74, 6) is 1.90. The molecule has 0 aliphatic rings. The number of fused-ring (bicyclic) bond motifs is 8. The first kappa shape index (κ1) is 31.0. The van der Waals surface area contributed by atoms with Gasteiger partial charge >= 0.3 is 0 Å². The monoisotopic (exact) mass is 724 g/mol. The molecule has 0 N–H and O–H groups in total. The molecule has 11 rings (SSSR count). The SMILES string of the molecule is c1ccc(-c2nc(-c3ccccc3)nc(-c3cccc(-c4nc5cccc(-c6cccc7c6sc6ccccc67)c5c5sc6ccccc6c45)c3)n2)cc1. The highest BCUT2D eigenvalue weighted by Gasteiger charge is 2.21. The van der Waals surface area contributed by atoms with Crippen LogP contribution in [0.5, 0.6) is 0 Å². The lowest BCUT2D eigenvalue weighted by Gasteiger charge is -2.13. The Bertz CT molecular complexity index is 3160. The molecule has 0 amide bonds. The van der Waals surface area contributed by atoms with Crippen molar-refractivity contribution in [2.75, 3.05) is 0 Å². The molecule has 4 nitrogen and oxygen atoms in total. The lowest BCUT2D eigenvalue weighted by atomic mass is 9.95. The molecule has 4 aromatic heterocycles. The molecular formula is C48H28N4S2. The summed E-state index contributed by atoms with van der Waals surface area (Å²) in [5, 5.41) is 6.16. The molecule has 0 aliphatic heterocycles. The third-order valence-corrected chi connectivity index (χ3v) is 12.5. The fraction of sp³-hybridized carbons (Fsp3) is 0. The Morgan fingerprint density at radius 1 is 0.333 bits per heavy atom. The third-order valence-electron chi connectivity index (χ3n) is 10.1. The van der Waals surface area contributed by atoms with E-state index in [0.717, 1.165) is 33.5 Å². The number of rotatable bonds is 5. The molecular weight excluding hydrogens is 697 g/mol. The normalized spacial score (nSPS) is 11.7. The second-order valence-electron chi connectivity index (χ2n) is 13.4. The first-order valence-corrected chi connectivity index (χ1v) is 19.5. The van der Waals surface area contributed by atoms with Crippen LogP contribution in [0.1, 0.15) is 0 Å². The van der Waals surface area contributed by atoms with Crippen LogP contribution >= 0.6 is 22.7 Å². The highest BCUT2D eigenvalue weighted by atomic mass is 32.1. The van der Waals surface area contributed by atoms with Crippen molar-refractivity contribution < 1.29 is 0 Å². The van der Waals surface area contributed by atoms with Crippen LogP contribution in [0.3, 0.4) is 0 Å². The van der Waals surface area contributed by atoms with E-state index in [4.69, 9.17) is 19.9 Å². The quantitative estimate of drug-likeness (QED) is 0.177. The van der Waals surface area contributed by atoms with Crippen LogP contribution < -0.4 is 0 Å². The molecule has 0 saturated heterocycles. The first-order chi connectivity index (χ1) is 26.8. The van der Waals surface area contributed by atoms with Gasteiger partial charge in [0.15, 0.2) is 17.5 Å². The van der Waals surface area contributed by atoms with Crippen molar-refractivity contribution in [1.29, 1.82) is 0 Å². The van der Waals surface area contributed by atoms with Gasteiger partial charge in [-0.25, -0.2) is 19.9 Å². The molecule has 4 heterocycles. The predicted molar refractivity (Wildman–Crippen MR) is 228 cm³/mol. The van der Waals surface area contributed by atoms with E-state index in [2.05, 4.69) is 109 Å². The lowest BCUT2D eigenvalue weighted by Crippen LogP contribution is -2.00. The van der Waals surface area contributed by atoms with Gasteiger partial charge in [0.1, 0.15) is 0 Å². The van der Waals surface area contributed by atoms with Gasteiger partial charge in [0, 0.05) is 73.5 Å². The van der Waals surface area contributed by atoms with E-state index in [1.165, 1.54) is 56.9 Å². The largest absolute Gasteiger partial charge is 0.247 e. The minimum atomic E-state index is 0.621. The van der Waals surface area contributed by atoms with Crippen LogP contribution in [0.2, 0.25) is 0 Å². The molecule has 0 bridgehead atoms. The molecule has 0 radical (unpaired) electrons. The molecule has 0 spiro atoms. The van der Waals surface area contributed by atoms with E-state index in [1.54, 1.807) is 0 Å². The summed E-state index contributed by atoms with van der Waals surface area (Å²) in [6.07, 6.45) is 0. The summed E-state index contributed by atoms with van der Waals surface area (Å²) in [6, 6.07) is 59.4. The van der Waals surface area contributed by atoms with Crippen molar-refractivity contribution in [2.24, 2.45) is 0 Å². The van der Waals surface area contributed by atoms with Gasteiger partial charge in [-0.1, -0.05) is 146 Å². The maximum atomic E-state index is 5.53. The summed E-state index contributed by atoms with van der Waals surface area (Å²) in [4.78, 5) is 20.5. The highest BCUT2D eigenvalue weighted by molar-refractivity contribution is 7.27. The third kappa shape index (κ3) is 5.03. The average Bonchev–Trinajstić information content (AvgIpc) is 3.83. The Morgan fingerprint density at radius 3 is 1.59 bits per heavy atom. The molecule has 0 unspecified atom stereocenters. The Kier molecular flexibility index (Phi) is 7.18. The highest BCUT2D eigenvalue weighted by Crippen LogP contribution is 2.48. The minimum Gasteiger partial charge on any atom is -0.247 e. The van der Waals surface area contributed by atoms with E-state index < -0.39 is 0 Å². The number of hydrogen-bond donors (Lipinski definition) is 0. The fourth-order valence-electron chi connectivity index (χ4n) is 7.64. The van der Waals surface area contributed by atoms with Gasteiger partial charge in [-0.15, -0.1) is 22.7 Å². The second-order valence-corrected chi connectivity index (χ2v) is 15.5. The van der Waals surface area contributed by atoms with Crippen LogP contribution in [0, 0.1) is 0 Å². The summed E-state index contributed by atoms with van der Waals surface area (Å²) < 4.78 is 5.09. The van der Waals surface area contributed by atoms with Gasteiger partial charge in [0.2, 0.25) is 0 Å². The van der Waals surface area contributed by atoms with Gasteiger partial charge in [0.25, 0.3) is 0 Å². The molecule has 7 aromatic carbocycles. The number of hydrogen-bond acceptors (Lipinski definition) is 6.